The summed E-state index contributed by atoms with van der Waals surface area (Å²) in [5, 5.41) is 0.778. The molecule has 0 aromatic heterocycles. The van der Waals surface area contributed by atoms with Crippen LogP contribution < -0.4 is 17.0 Å². The predicted octanol–water partition coefficient (Wildman–Crippen LogP) is -2.31. The molecule has 0 atom stereocenters. The molecule has 0 bridgehead atoms. The molecule has 84 valence electrons. The highest BCUT2D eigenvalue weighted by Gasteiger charge is 2.26. The van der Waals surface area contributed by atoms with Crippen LogP contribution in [0.4, 0.5) is 0 Å². The van der Waals surface area contributed by atoms with Gasteiger partial charge in [-0.25, -0.2) is 0 Å². The topological polar surface area (TPSA) is 20.3 Å². The molecule has 1 heterocycles. The lowest BCUT2D eigenvalue weighted by atomic mass is 10.2. The molecule has 0 saturated carbocycles. The Kier molecular flexibility index (Phi) is 6.25. The maximum Gasteiger partial charge on any atom is 0.223 e. The van der Waals surface area contributed by atoms with Gasteiger partial charge in [-0.1, -0.05) is 15.9 Å². The maximum absolute atomic E-state index is 11.5. The smallest absolute Gasteiger partial charge is 0.223 e. The fourth-order valence-corrected chi connectivity index (χ4v) is 1.83. The summed E-state index contributed by atoms with van der Waals surface area (Å²) in [6, 6.07) is 0. The molecule has 5 heteroatoms. The summed E-state index contributed by atoms with van der Waals surface area (Å²) in [6.45, 7) is 3.99. The number of carbonyl (C=O) groups is 1. The van der Waals surface area contributed by atoms with Crippen molar-refractivity contribution < 1.29 is 26.3 Å². The summed E-state index contributed by atoms with van der Waals surface area (Å²) in [6.07, 6.45) is 0.632. The summed E-state index contributed by atoms with van der Waals surface area (Å²) < 4.78 is 1.04. The second-order valence-corrected chi connectivity index (χ2v) is 5.00. The quantitative estimate of drug-likeness (QED) is 0.412. The van der Waals surface area contributed by atoms with Crippen LogP contribution in [0.5, 0.6) is 0 Å². The third-order valence-corrected chi connectivity index (χ3v) is 3.01. The van der Waals surface area contributed by atoms with Crippen molar-refractivity contribution in [3.63, 3.8) is 0 Å². The standard InChI is InChI=1S/C9H18BrN2O.BrH/c1-12(2)7-5-11(6-8-12)9(13)3-4-10;/h3-8H2,1-2H3;1H/q+1;/p-1. The molecule has 0 N–H and O–H groups in total. The molecule has 1 fully saturated rings. The van der Waals surface area contributed by atoms with Crippen molar-refractivity contribution in [1.82, 2.24) is 4.90 Å². The van der Waals surface area contributed by atoms with E-state index in [9.17, 15) is 4.79 Å². The highest BCUT2D eigenvalue weighted by molar-refractivity contribution is 9.09. The Morgan fingerprint density at radius 2 is 1.86 bits per heavy atom. The van der Waals surface area contributed by atoms with Crippen molar-refractivity contribution in [2.24, 2.45) is 0 Å². The van der Waals surface area contributed by atoms with E-state index in [0.717, 1.165) is 36.0 Å². The highest BCUT2D eigenvalue weighted by Crippen LogP contribution is 2.08. The SMILES string of the molecule is C[N+]1(C)CCN(C(=O)CCBr)CC1.[Br-]. The average Bonchev–Trinajstić information content (AvgIpc) is 2.04. The van der Waals surface area contributed by atoms with E-state index >= 15 is 0 Å². The van der Waals surface area contributed by atoms with Gasteiger partial charge in [-0.2, -0.15) is 0 Å². The van der Waals surface area contributed by atoms with Gasteiger partial charge in [-0.15, -0.1) is 0 Å². The number of rotatable bonds is 2. The van der Waals surface area contributed by atoms with Crippen molar-refractivity contribution in [2.75, 3.05) is 45.6 Å². The van der Waals surface area contributed by atoms with E-state index in [0.29, 0.717) is 6.42 Å². The molecule has 3 nitrogen and oxygen atoms in total. The van der Waals surface area contributed by atoms with Gasteiger partial charge in [-0.05, 0) is 0 Å². The third-order valence-electron chi connectivity index (χ3n) is 2.61. The summed E-state index contributed by atoms with van der Waals surface area (Å²) >= 11 is 3.29. The highest BCUT2D eigenvalue weighted by atomic mass is 79.9. The first-order chi connectivity index (χ1) is 6.05. The van der Waals surface area contributed by atoms with E-state index in [1.165, 1.54) is 0 Å². The van der Waals surface area contributed by atoms with Crippen LogP contribution in [0.3, 0.4) is 0 Å². The van der Waals surface area contributed by atoms with Gasteiger partial charge in [0.05, 0.1) is 40.3 Å². The van der Waals surface area contributed by atoms with Gasteiger partial charge >= 0.3 is 0 Å². The first-order valence-electron chi connectivity index (χ1n) is 4.71. The minimum Gasteiger partial charge on any atom is -1.00 e. The molecule has 1 saturated heterocycles. The normalized spacial score (nSPS) is 20.1. The van der Waals surface area contributed by atoms with Crippen LogP contribution in [0.15, 0.2) is 0 Å². The van der Waals surface area contributed by atoms with Crippen molar-refractivity contribution in [1.29, 1.82) is 0 Å². The molecular weight excluding hydrogens is 312 g/mol. The van der Waals surface area contributed by atoms with E-state index in [4.69, 9.17) is 0 Å². The minimum absolute atomic E-state index is 0. The van der Waals surface area contributed by atoms with Crippen LogP contribution in [-0.4, -0.2) is 60.9 Å². The van der Waals surface area contributed by atoms with Crippen molar-refractivity contribution >= 4 is 21.8 Å². The number of nitrogens with zero attached hydrogens (tertiary/aromatic N) is 2. The minimum atomic E-state index is 0. The first-order valence-corrected chi connectivity index (χ1v) is 5.83. The zero-order valence-electron chi connectivity index (χ0n) is 8.80. The number of quaternary nitrogens is 1. The van der Waals surface area contributed by atoms with Crippen molar-refractivity contribution in [2.45, 2.75) is 6.42 Å². The Hall–Kier alpha value is 0.390. The number of carbonyl (C=O) groups excluding carboxylic acids is 1. The fraction of sp³-hybridized carbons (Fsp3) is 0.889. The van der Waals surface area contributed by atoms with Gasteiger partial charge in [0, 0.05) is 11.8 Å². The Bertz CT molecular complexity index is 187. The lowest BCUT2D eigenvalue weighted by molar-refractivity contribution is -0.894. The summed E-state index contributed by atoms with van der Waals surface area (Å²) in [5.74, 6) is 0.288. The maximum atomic E-state index is 11.5. The first kappa shape index (κ1) is 14.4. The molecule has 0 radical (unpaired) electrons. The van der Waals surface area contributed by atoms with Gasteiger partial charge in [0.25, 0.3) is 0 Å². The summed E-state index contributed by atoms with van der Waals surface area (Å²) in [4.78, 5) is 13.5. The molecule has 14 heavy (non-hydrogen) atoms. The second-order valence-electron chi connectivity index (χ2n) is 4.20. The number of piperazine rings is 1. The largest absolute Gasteiger partial charge is 1.00 e. The predicted molar refractivity (Wildman–Crippen MR) is 56.8 cm³/mol. The van der Waals surface area contributed by atoms with E-state index < -0.39 is 0 Å². The Morgan fingerprint density at radius 1 is 1.36 bits per heavy atom. The van der Waals surface area contributed by atoms with Gasteiger partial charge in [0.1, 0.15) is 0 Å². The average molecular weight is 330 g/mol. The molecule has 0 spiro atoms. The zero-order chi connectivity index (χ0) is 9.90. The molecule has 0 aromatic rings. The lowest BCUT2D eigenvalue weighted by Gasteiger charge is -2.39. The lowest BCUT2D eigenvalue weighted by Crippen LogP contribution is -3.00. The molecule has 1 aliphatic rings. The van der Waals surface area contributed by atoms with Crippen LogP contribution in [0.25, 0.3) is 0 Å². The van der Waals surface area contributed by atoms with Gasteiger partial charge < -0.3 is 26.4 Å². The zero-order valence-corrected chi connectivity index (χ0v) is 12.0. The third kappa shape index (κ3) is 4.28. The van der Waals surface area contributed by atoms with Crippen LogP contribution in [0.2, 0.25) is 0 Å². The number of amides is 1. The number of halogens is 2. The molecule has 0 unspecified atom stereocenters. The van der Waals surface area contributed by atoms with E-state index in [1.54, 1.807) is 0 Å². The molecular formula is C9H18Br2N2O. The van der Waals surface area contributed by atoms with E-state index in [1.807, 2.05) is 4.90 Å². The van der Waals surface area contributed by atoms with Gasteiger partial charge in [0.15, 0.2) is 0 Å². The number of hydrogen-bond donors (Lipinski definition) is 0. The number of alkyl halides is 1. The van der Waals surface area contributed by atoms with E-state index in [-0.39, 0.29) is 22.9 Å². The number of likely N-dealkylation sites (N-methyl/N-ethyl adjacent to an activating group) is 1. The molecule has 0 aliphatic carbocycles. The fourth-order valence-electron chi connectivity index (χ4n) is 1.49. The Labute approximate surface area is 105 Å². The van der Waals surface area contributed by atoms with Gasteiger partial charge in [-0.3, -0.25) is 4.79 Å². The molecule has 0 aromatic carbocycles. The van der Waals surface area contributed by atoms with E-state index in [2.05, 4.69) is 30.0 Å². The number of hydrogen-bond acceptors (Lipinski definition) is 1. The van der Waals surface area contributed by atoms with Crippen molar-refractivity contribution in [3.05, 3.63) is 0 Å². The van der Waals surface area contributed by atoms with Crippen LogP contribution in [0, 0.1) is 0 Å². The molecule has 1 aliphatic heterocycles. The van der Waals surface area contributed by atoms with Gasteiger partial charge in [0.2, 0.25) is 5.91 Å². The van der Waals surface area contributed by atoms with Crippen molar-refractivity contribution in [3.8, 4) is 0 Å². The second kappa shape index (κ2) is 6.08. The van der Waals surface area contributed by atoms with Crippen LogP contribution in [0.1, 0.15) is 6.42 Å². The summed E-state index contributed by atoms with van der Waals surface area (Å²) in [7, 11) is 4.43. The molecule has 1 amide bonds. The van der Waals surface area contributed by atoms with Crippen LogP contribution >= 0.6 is 15.9 Å². The van der Waals surface area contributed by atoms with Crippen LogP contribution in [-0.2, 0) is 4.79 Å². The summed E-state index contributed by atoms with van der Waals surface area (Å²) in [5.41, 5.74) is 0. The molecule has 1 rings (SSSR count). The Morgan fingerprint density at radius 3 is 2.29 bits per heavy atom. The Balaban J connectivity index is 0.00000169. The monoisotopic (exact) mass is 328 g/mol.